The fourth-order valence-corrected chi connectivity index (χ4v) is 2.65. The summed E-state index contributed by atoms with van der Waals surface area (Å²) in [6, 6.07) is 7.75. The first-order valence-corrected chi connectivity index (χ1v) is 7.42. The SMILES string of the molecule is CCOCC(O)CN1CCOC(c2ccccc2Cl)C1. The third kappa shape index (κ3) is 4.43. The van der Waals surface area contributed by atoms with E-state index in [9.17, 15) is 5.11 Å². The van der Waals surface area contributed by atoms with Gasteiger partial charge in [-0.2, -0.15) is 0 Å². The fraction of sp³-hybridized carbons (Fsp3) is 0.600. The normalized spacial score (nSPS) is 21.9. The van der Waals surface area contributed by atoms with E-state index in [2.05, 4.69) is 4.90 Å². The quantitative estimate of drug-likeness (QED) is 0.873. The van der Waals surface area contributed by atoms with E-state index in [1.54, 1.807) is 0 Å². The molecule has 1 aliphatic heterocycles. The number of aliphatic hydroxyl groups excluding tert-OH is 1. The molecule has 0 radical (unpaired) electrons. The van der Waals surface area contributed by atoms with Gasteiger partial charge in [0.25, 0.3) is 0 Å². The Hall–Kier alpha value is -0.650. The molecule has 1 aromatic carbocycles. The van der Waals surface area contributed by atoms with Crippen LogP contribution in [0.3, 0.4) is 0 Å². The molecule has 112 valence electrons. The van der Waals surface area contributed by atoms with Gasteiger partial charge in [0.1, 0.15) is 0 Å². The van der Waals surface area contributed by atoms with Crippen molar-refractivity contribution in [3.8, 4) is 0 Å². The van der Waals surface area contributed by atoms with E-state index in [0.29, 0.717) is 26.4 Å². The van der Waals surface area contributed by atoms with Crippen LogP contribution in [0, 0.1) is 0 Å². The molecule has 5 heteroatoms. The van der Waals surface area contributed by atoms with E-state index in [-0.39, 0.29) is 6.10 Å². The third-order valence-electron chi connectivity index (χ3n) is 3.39. The van der Waals surface area contributed by atoms with E-state index in [0.717, 1.165) is 23.7 Å². The number of β-amino-alcohol motifs (C(OH)–C–C–N with tert-alkyl or cyclic N) is 1. The molecule has 1 aliphatic rings. The number of rotatable bonds is 6. The molecule has 1 aromatic rings. The Morgan fingerprint density at radius 2 is 2.30 bits per heavy atom. The zero-order valence-corrected chi connectivity index (χ0v) is 12.6. The maximum absolute atomic E-state index is 9.91. The summed E-state index contributed by atoms with van der Waals surface area (Å²) in [5.74, 6) is 0. The average Bonchev–Trinajstić information content (AvgIpc) is 2.46. The van der Waals surface area contributed by atoms with Crippen molar-refractivity contribution in [1.82, 2.24) is 4.90 Å². The van der Waals surface area contributed by atoms with Crippen molar-refractivity contribution in [1.29, 1.82) is 0 Å². The molecule has 0 spiro atoms. The van der Waals surface area contributed by atoms with Crippen LogP contribution in [-0.2, 0) is 9.47 Å². The Balaban J connectivity index is 1.90. The van der Waals surface area contributed by atoms with Gasteiger partial charge in [-0.1, -0.05) is 29.8 Å². The highest BCUT2D eigenvalue weighted by Gasteiger charge is 2.24. The molecule has 0 amide bonds. The van der Waals surface area contributed by atoms with E-state index < -0.39 is 6.10 Å². The minimum atomic E-state index is -0.458. The summed E-state index contributed by atoms with van der Waals surface area (Å²) in [6.45, 7) is 5.75. The standard InChI is InChI=1S/C15H22ClNO3/c1-2-19-11-12(18)9-17-7-8-20-15(10-17)13-5-3-4-6-14(13)16/h3-6,12,15,18H,2,7-11H2,1H3. The Kier molecular flexibility index (Phi) is 6.26. The largest absolute Gasteiger partial charge is 0.389 e. The fourth-order valence-electron chi connectivity index (χ4n) is 2.40. The first kappa shape index (κ1) is 15.7. The lowest BCUT2D eigenvalue weighted by Gasteiger charge is -2.34. The van der Waals surface area contributed by atoms with Crippen LogP contribution in [0.15, 0.2) is 24.3 Å². The highest BCUT2D eigenvalue weighted by Crippen LogP contribution is 2.28. The van der Waals surface area contributed by atoms with Crippen molar-refractivity contribution in [3.05, 3.63) is 34.9 Å². The van der Waals surface area contributed by atoms with Gasteiger partial charge in [-0.25, -0.2) is 0 Å². The number of aliphatic hydroxyl groups is 1. The predicted molar refractivity (Wildman–Crippen MR) is 79.1 cm³/mol. The van der Waals surface area contributed by atoms with Gasteiger partial charge in [0.2, 0.25) is 0 Å². The van der Waals surface area contributed by atoms with Gasteiger partial charge in [0, 0.05) is 36.8 Å². The van der Waals surface area contributed by atoms with Crippen molar-refractivity contribution in [2.75, 3.05) is 39.5 Å². The van der Waals surface area contributed by atoms with Gasteiger partial charge in [-0.3, -0.25) is 4.90 Å². The van der Waals surface area contributed by atoms with E-state index in [1.807, 2.05) is 31.2 Å². The number of ether oxygens (including phenoxy) is 2. The molecule has 2 unspecified atom stereocenters. The smallest absolute Gasteiger partial charge is 0.0966 e. The number of nitrogens with zero attached hydrogens (tertiary/aromatic N) is 1. The molecule has 2 atom stereocenters. The first-order valence-electron chi connectivity index (χ1n) is 7.05. The Morgan fingerprint density at radius 3 is 3.05 bits per heavy atom. The highest BCUT2D eigenvalue weighted by atomic mass is 35.5. The number of hydrogen-bond acceptors (Lipinski definition) is 4. The maximum atomic E-state index is 9.91. The van der Waals surface area contributed by atoms with Crippen LogP contribution in [0.1, 0.15) is 18.6 Å². The molecule has 1 heterocycles. The van der Waals surface area contributed by atoms with E-state index in [4.69, 9.17) is 21.1 Å². The third-order valence-corrected chi connectivity index (χ3v) is 3.73. The van der Waals surface area contributed by atoms with Crippen LogP contribution >= 0.6 is 11.6 Å². The van der Waals surface area contributed by atoms with Gasteiger partial charge in [-0.15, -0.1) is 0 Å². The topological polar surface area (TPSA) is 41.9 Å². The van der Waals surface area contributed by atoms with Crippen molar-refractivity contribution in [2.45, 2.75) is 19.1 Å². The predicted octanol–water partition coefficient (Wildman–Crippen LogP) is 2.11. The van der Waals surface area contributed by atoms with Crippen LogP contribution < -0.4 is 0 Å². The second kappa shape index (κ2) is 7.96. The van der Waals surface area contributed by atoms with Crippen LogP contribution in [0.4, 0.5) is 0 Å². The van der Waals surface area contributed by atoms with Crippen LogP contribution in [0.2, 0.25) is 5.02 Å². The van der Waals surface area contributed by atoms with Gasteiger partial charge in [0.15, 0.2) is 0 Å². The molecule has 0 aliphatic carbocycles. The summed E-state index contributed by atoms with van der Waals surface area (Å²) in [7, 11) is 0. The number of hydrogen-bond donors (Lipinski definition) is 1. The molecule has 1 fully saturated rings. The molecule has 4 nitrogen and oxygen atoms in total. The molecule has 1 saturated heterocycles. The molecule has 2 rings (SSSR count). The first-order chi connectivity index (χ1) is 9.70. The molecular formula is C15H22ClNO3. The molecule has 20 heavy (non-hydrogen) atoms. The minimum absolute atomic E-state index is 0.0308. The van der Waals surface area contributed by atoms with E-state index >= 15 is 0 Å². The summed E-state index contributed by atoms with van der Waals surface area (Å²) >= 11 is 6.21. The monoisotopic (exact) mass is 299 g/mol. The van der Waals surface area contributed by atoms with Crippen LogP contribution in [-0.4, -0.2) is 55.6 Å². The number of morpholine rings is 1. The molecule has 0 saturated carbocycles. The lowest BCUT2D eigenvalue weighted by atomic mass is 10.1. The summed E-state index contributed by atoms with van der Waals surface area (Å²) in [6.07, 6.45) is -0.489. The summed E-state index contributed by atoms with van der Waals surface area (Å²) in [5.41, 5.74) is 1.01. The van der Waals surface area contributed by atoms with Crippen LogP contribution in [0.5, 0.6) is 0 Å². The summed E-state index contributed by atoms with van der Waals surface area (Å²) in [4.78, 5) is 2.20. The van der Waals surface area contributed by atoms with Crippen molar-refractivity contribution in [3.63, 3.8) is 0 Å². The second-order valence-corrected chi connectivity index (χ2v) is 5.36. The molecule has 0 aromatic heterocycles. The number of halogens is 1. The lowest BCUT2D eigenvalue weighted by Crippen LogP contribution is -2.43. The zero-order chi connectivity index (χ0) is 14.4. The van der Waals surface area contributed by atoms with Gasteiger partial charge in [0.05, 0.1) is 25.4 Å². The van der Waals surface area contributed by atoms with Crippen molar-refractivity contribution < 1.29 is 14.6 Å². The van der Waals surface area contributed by atoms with Gasteiger partial charge in [-0.05, 0) is 13.0 Å². The number of benzene rings is 1. The van der Waals surface area contributed by atoms with Crippen molar-refractivity contribution >= 4 is 11.6 Å². The van der Waals surface area contributed by atoms with Gasteiger partial charge < -0.3 is 14.6 Å². The van der Waals surface area contributed by atoms with Gasteiger partial charge >= 0.3 is 0 Å². The average molecular weight is 300 g/mol. The Bertz CT molecular complexity index is 416. The van der Waals surface area contributed by atoms with Crippen LogP contribution in [0.25, 0.3) is 0 Å². The minimum Gasteiger partial charge on any atom is -0.389 e. The lowest BCUT2D eigenvalue weighted by molar-refractivity contribution is -0.0517. The molecular weight excluding hydrogens is 278 g/mol. The highest BCUT2D eigenvalue weighted by molar-refractivity contribution is 6.31. The second-order valence-electron chi connectivity index (χ2n) is 4.95. The summed E-state index contributed by atoms with van der Waals surface area (Å²) < 4.78 is 11.0. The zero-order valence-electron chi connectivity index (χ0n) is 11.8. The van der Waals surface area contributed by atoms with Crippen molar-refractivity contribution in [2.24, 2.45) is 0 Å². The Labute approximate surface area is 125 Å². The Morgan fingerprint density at radius 1 is 1.50 bits per heavy atom. The van der Waals surface area contributed by atoms with E-state index in [1.165, 1.54) is 0 Å². The molecule has 1 N–H and O–H groups in total. The maximum Gasteiger partial charge on any atom is 0.0966 e. The summed E-state index contributed by atoms with van der Waals surface area (Å²) in [5, 5.41) is 10.6. The molecule has 0 bridgehead atoms.